The molecule has 1 aromatic rings. The number of benzene rings is 1. The monoisotopic (exact) mass is 273 g/mol. The lowest BCUT2D eigenvalue weighted by Gasteiger charge is -2.16. The van der Waals surface area contributed by atoms with Crippen LogP contribution in [0.4, 0.5) is 0 Å². The fourth-order valence-electron chi connectivity index (χ4n) is 1.41. The molecule has 1 atom stereocenters. The second-order valence-corrected chi connectivity index (χ2v) is 4.67. The lowest BCUT2D eigenvalue weighted by molar-refractivity contribution is -0.0124. The third kappa shape index (κ3) is 4.82. The van der Waals surface area contributed by atoms with Crippen molar-refractivity contribution in [3.63, 3.8) is 0 Å². The molecular formula is C13H20ClNO3. The van der Waals surface area contributed by atoms with Gasteiger partial charge in [0, 0.05) is 17.1 Å². The first-order valence-electron chi connectivity index (χ1n) is 5.94. The van der Waals surface area contributed by atoms with Gasteiger partial charge in [-0.25, -0.2) is 0 Å². The number of rotatable bonds is 7. The van der Waals surface area contributed by atoms with Crippen LogP contribution >= 0.6 is 11.6 Å². The second-order valence-electron chi connectivity index (χ2n) is 4.27. The van der Waals surface area contributed by atoms with Gasteiger partial charge in [0.05, 0.1) is 12.7 Å². The summed E-state index contributed by atoms with van der Waals surface area (Å²) < 4.78 is 10.8. The van der Waals surface area contributed by atoms with E-state index < -0.39 is 6.10 Å². The van der Waals surface area contributed by atoms with Gasteiger partial charge >= 0.3 is 0 Å². The van der Waals surface area contributed by atoms with Crippen molar-refractivity contribution in [2.45, 2.75) is 32.6 Å². The average Bonchev–Trinajstić information content (AvgIpc) is 2.33. The first-order chi connectivity index (χ1) is 8.54. The highest BCUT2D eigenvalue weighted by Crippen LogP contribution is 2.25. The van der Waals surface area contributed by atoms with Crippen molar-refractivity contribution in [3.8, 4) is 5.75 Å². The van der Waals surface area contributed by atoms with E-state index in [0.717, 1.165) is 5.56 Å². The van der Waals surface area contributed by atoms with Crippen molar-refractivity contribution in [2.75, 3.05) is 13.2 Å². The smallest absolute Gasteiger partial charge is 0.125 e. The Morgan fingerprint density at radius 2 is 2.06 bits per heavy atom. The minimum absolute atomic E-state index is 0.0884. The van der Waals surface area contributed by atoms with Gasteiger partial charge in [-0.1, -0.05) is 17.7 Å². The predicted octanol–water partition coefficient (Wildman–Crippen LogP) is 1.96. The fourth-order valence-corrected chi connectivity index (χ4v) is 1.65. The van der Waals surface area contributed by atoms with Gasteiger partial charge in [-0.15, -0.1) is 0 Å². The summed E-state index contributed by atoms with van der Waals surface area (Å²) in [6.45, 7) is 4.53. The molecule has 0 aliphatic heterocycles. The number of hydrogen-bond acceptors (Lipinski definition) is 4. The summed E-state index contributed by atoms with van der Waals surface area (Å²) >= 11 is 6.00. The first-order valence-corrected chi connectivity index (χ1v) is 6.32. The van der Waals surface area contributed by atoms with Gasteiger partial charge in [-0.3, -0.25) is 0 Å². The molecule has 0 aliphatic rings. The summed E-state index contributed by atoms with van der Waals surface area (Å²) in [5.74, 6) is 0.605. The molecule has 0 radical (unpaired) electrons. The van der Waals surface area contributed by atoms with Crippen LogP contribution in [0.25, 0.3) is 0 Å². The predicted molar refractivity (Wildman–Crippen MR) is 71.9 cm³/mol. The number of nitrogens with two attached hydrogens (primary N) is 1. The Labute approximate surface area is 113 Å². The van der Waals surface area contributed by atoms with Gasteiger partial charge in [0.25, 0.3) is 0 Å². The molecule has 0 bridgehead atoms. The normalized spacial score (nSPS) is 12.8. The van der Waals surface area contributed by atoms with Crippen molar-refractivity contribution in [3.05, 3.63) is 28.8 Å². The maximum Gasteiger partial charge on any atom is 0.125 e. The summed E-state index contributed by atoms with van der Waals surface area (Å²) in [4.78, 5) is 0. The van der Waals surface area contributed by atoms with Crippen LogP contribution < -0.4 is 10.5 Å². The number of ether oxygens (including phenoxy) is 2. The Kier molecular flexibility index (Phi) is 6.43. The molecule has 0 spiro atoms. The zero-order valence-electron chi connectivity index (χ0n) is 10.7. The Morgan fingerprint density at radius 3 is 2.67 bits per heavy atom. The minimum atomic E-state index is -0.669. The van der Waals surface area contributed by atoms with Crippen LogP contribution in [0.2, 0.25) is 5.02 Å². The van der Waals surface area contributed by atoms with Crippen molar-refractivity contribution < 1.29 is 14.6 Å². The summed E-state index contributed by atoms with van der Waals surface area (Å²) in [6, 6.07) is 5.33. The molecule has 1 unspecified atom stereocenters. The average molecular weight is 274 g/mol. The van der Waals surface area contributed by atoms with Crippen LogP contribution in [-0.2, 0) is 11.3 Å². The van der Waals surface area contributed by atoms with Crippen molar-refractivity contribution >= 4 is 11.6 Å². The molecule has 0 heterocycles. The maximum absolute atomic E-state index is 9.68. The first kappa shape index (κ1) is 15.2. The third-order valence-corrected chi connectivity index (χ3v) is 2.69. The molecule has 1 rings (SSSR count). The standard InChI is InChI=1S/C13H20ClNO3/c1-9(2)17-7-10(16)8-18-13-5-3-4-12(14)11(13)6-15/h3-5,9-10,16H,6-8,15H2,1-2H3. The van der Waals surface area contributed by atoms with Crippen LogP contribution in [0.3, 0.4) is 0 Å². The molecule has 102 valence electrons. The molecular weight excluding hydrogens is 254 g/mol. The Bertz CT molecular complexity index is 371. The molecule has 1 aromatic carbocycles. The van der Waals surface area contributed by atoms with E-state index in [-0.39, 0.29) is 19.3 Å². The van der Waals surface area contributed by atoms with E-state index in [4.69, 9.17) is 26.8 Å². The van der Waals surface area contributed by atoms with Crippen molar-refractivity contribution in [2.24, 2.45) is 5.73 Å². The summed E-state index contributed by atoms with van der Waals surface area (Å²) in [6.07, 6.45) is -0.581. The zero-order valence-corrected chi connectivity index (χ0v) is 11.5. The van der Waals surface area contributed by atoms with Crippen molar-refractivity contribution in [1.82, 2.24) is 0 Å². The van der Waals surface area contributed by atoms with Crippen LogP contribution in [0.5, 0.6) is 5.75 Å². The highest BCUT2D eigenvalue weighted by Gasteiger charge is 2.10. The van der Waals surface area contributed by atoms with Gasteiger partial charge in [-0.2, -0.15) is 0 Å². The summed E-state index contributed by atoms with van der Waals surface area (Å²) in [5.41, 5.74) is 6.35. The summed E-state index contributed by atoms with van der Waals surface area (Å²) in [7, 11) is 0. The Hall–Kier alpha value is -0.810. The third-order valence-electron chi connectivity index (χ3n) is 2.33. The van der Waals surface area contributed by atoms with E-state index >= 15 is 0 Å². The Balaban J connectivity index is 2.50. The highest BCUT2D eigenvalue weighted by atomic mass is 35.5. The fraction of sp³-hybridized carbons (Fsp3) is 0.538. The molecule has 3 N–H and O–H groups in total. The topological polar surface area (TPSA) is 64.7 Å². The molecule has 5 heteroatoms. The number of aliphatic hydroxyl groups excluding tert-OH is 1. The van der Waals surface area contributed by atoms with Crippen LogP contribution in [0.1, 0.15) is 19.4 Å². The number of halogens is 1. The molecule has 0 saturated heterocycles. The number of aliphatic hydroxyl groups is 1. The molecule has 0 saturated carbocycles. The van der Waals surface area contributed by atoms with E-state index in [9.17, 15) is 5.11 Å². The van der Waals surface area contributed by atoms with Crippen molar-refractivity contribution in [1.29, 1.82) is 0 Å². The molecule has 0 aliphatic carbocycles. The van der Waals surface area contributed by atoms with E-state index in [0.29, 0.717) is 17.3 Å². The van der Waals surface area contributed by atoms with Crippen LogP contribution in [0.15, 0.2) is 18.2 Å². The zero-order chi connectivity index (χ0) is 13.5. The lowest BCUT2D eigenvalue weighted by atomic mass is 10.2. The van der Waals surface area contributed by atoms with Gasteiger partial charge in [0.15, 0.2) is 0 Å². The molecule has 4 nitrogen and oxygen atoms in total. The molecule has 0 aromatic heterocycles. The largest absolute Gasteiger partial charge is 0.490 e. The SMILES string of the molecule is CC(C)OCC(O)COc1cccc(Cl)c1CN. The van der Waals surface area contributed by atoms with Gasteiger partial charge in [0.2, 0.25) is 0 Å². The van der Waals surface area contributed by atoms with Crippen LogP contribution in [0, 0.1) is 0 Å². The van der Waals surface area contributed by atoms with E-state index in [1.54, 1.807) is 18.2 Å². The lowest BCUT2D eigenvalue weighted by Crippen LogP contribution is -2.25. The maximum atomic E-state index is 9.68. The van der Waals surface area contributed by atoms with E-state index in [2.05, 4.69) is 0 Å². The quantitative estimate of drug-likeness (QED) is 0.797. The van der Waals surface area contributed by atoms with Gasteiger partial charge < -0.3 is 20.3 Å². The Morgan fingerprint density at radius 1 is 1.33 bits per heavy atom. The van der Waals surface area contributed by atoms with Crippen LogP contribution in [-0.4, -0.2) is 30.5 Å². The second kappa shape index (κ2) is 7.59. The highest BCUT2D eigenvalue weighted by molar-refractivity contribution is 6.31. The van der Waals surface area contributed by atoms with E-state index in [1.165, 1.54) is 0 Å². The molecule has 0 fully saturated rings. The van der Waals surface area contributed by atoms with E-state index in [1.807, 2.05) is 13.8 Å². The molecule has 18 heavy (non-hydrogen) atoms. The molecule has 0 amide bonds. The van der Waals surface area contributed by atoms with Gasteiger partial charge in [-0.05, 0) is 26.0 Å². The minimum Gasteiger partial charge on any atom is -0.490 e. The van der Waals surface area contributed by atoms with Gasteiger partial charge in [0.1, 0.15) is 18.5 Å². The number of hydrogen-bond donors (Lipinski definition) is 2. The summed E-state index contributed by atoms with van der Waals surface area (Å²) in [5, 5.41) is 10.3.